The third kappa shape index (κ3) is 3.20. The van der Waals surface area contributed by atoms with Crippen LogP contribution in [-0.4, -0.2) is 29.2 Å². The Hall–Kier alpha value is -1.02. The van der Waals surface area contributed by atoms with Crippen LogP contribution in [0.4, 0.5) is 5.69 Å². The summed E-state index contributed by atoms with van der Waals surface area (Å²) in [5.41, 5.74) is 2.99. The van der Waals surface area contributed by atoms with Crippen LogP contribution in [0.5, 0.6) is 0 Å². The summed E-state index contributed by atoms with van der Waals surface area (Å²) in [4.78, 5) is 6.06. The first kappa shape index (κ1) is 19.0. The first-order valence-corrected chi connectivity index (χ1v) is 12.4. The fourth-order valence-electron chi connectivity index (χ4n) is 7.51. The van der Waals surface area contributed by atoms with Gasteiger partial charge in [-0.25, -0.2) is 0 Å². The SMILES string of the molecule is Cc1ccccc1N1C(C2CCCC2)N(C2CCCC2)C(C2CCCC2)[C@@H]1C. The summed E-state index contributed by atoms with van der Waals surface area (Å²) in [6.45, 7) is 4.91. The fourth-order valence-corrected chi connectivity index (χ4v) is 7.51. The maximum absolute atomic E-state index is 3.14. The predicted molar refractivity (Wildman–Crippen MR) is 119 cm³/mol. The molecule has 154 valence electrons. The fraction of sp³-hybridized carbons (Fsp3) is 0.769. The lowest BCUT2D eigenvalue weighted by Crippen LogP contribution is -2.51. The average Bonchev–Trinajstić information content (AvgIpc) is 3.48. The predicted octanol–water partition coefficient (Wildman–Crippen LogP) is 6.52. The van der Waals surface area contributed by atoms with Gasteiger partial charge < -0.3 is 4.90 Å². The third-order valence-electron chi connectivity index (χ3n) is 8.71. The summed E-state index contributed by atoms with van der Waals surface area (Å²) in [5, 5.41) is 0. The lowest BCUT2D eigenvalue weighted by molar-refractivity contribution is 0.0666. The largest absolute Gasteiger partial charge is 0.351 e. The minimum atomic E-state index is 0.646. The van der Waals surface area contributed by atoms with Crippen LogP contribution < -0.4 is 4.90 Å². The quantitative estimate of drug-likeness (QED) is 0.586. The van der Waals surface area contributed by atoms with E-state index < -0.39 is 0 Å². The van der Waals surface area contributed by atoms with Crippen molar-refractivity contribution in [2.75, 3.05) is 4.90 Å². The zero-order valence-electron chi connectivity index (χ0n) is 18.2. The molecule has 1 aromatic rings. The summed E-state index contributed by atoms with van der Waals surface area (Å²) < 4.78 is 0. The van der Waals surface area contributed by atoms with Gasteiger partial charge in [0.25, 0.3) is 0 Å². The second kappa shape index (κ2) is 8.01. The van der Waals surface area contributed by atoms with Gasteiger partial charge in [-0.1, -0.05) is 56.7 Å². The molecule has 0 bridgehead atoms. The molecule has 0 spiro atoms. The molecule has 3 saturated carbocycles. The molecule has 3 aliphatic carbocycles. The molecular weight excluding hydrogens is 340 g/mol. The Morgan fingerprint density at radius 2 is 1.32 bits per heavy atom. The second-order valence-corrected chi connectivity index (χ2v) is 10.3. The van der Waals surface area contributed by atoms with Gasteiger partial charge in [0.1, 0.15) is 0 Å². The lowest BCUT2D eigenvalue weighted by Gasteiger charge is -2.41. The number of rotatable bonds is 4. The molecule has 2 heteroatoms. The molecule has 3 atom stereocenters. The number of aryl methyl sites for hydroxylation is 1. The van der Waals surface area contributed by atoms with Crippen molar-refractivity contribution in [1.29, 1.82) is 0 Å². The summed E-state index contributed by atoms with van der Waals surface area (Å²) in [6.07, 6.45) is 18.1. The number of para-hydroxylation sites is 1. The zero-order chi connectivity index (χ0) is 19.1. The van der Waals surface area contributed by atoms with Crippen LogP contribution in [0, 0.1) is 18.8 Å². The minimum absolute atomic E-state index is 0.646. The van der Waals surface area contributed by atoms with Crippen LogP contribution >= 0.6 is 0 Å². The molecule has 5 rings (SSSR count). The molecule has 1 aliphatic heterocycles. The van der Waals surface area contributed by atoms with E-state index in [9.17, 15) is 0 Å². The molecule has 2 nitrogen and oxygen atoms in total. The molecule has 0 amide bonds. The Labute approximate surface area is 172 Å². The topological polar surface area (TPSA) is 6.48 Å². The van der Waals surface area contributed by atoms with E-state index in [1.807, 2.05) is 0 Å². The van der Waals surface area contributed by atoms with Crippen molar-refractivity contribution < 1.29 is 0 Å². The Bertz CT molecular complexity index is 652. The number of nitrogens with zero attached hydrogens (tertiary/aromatic N) is 2. The Kier molecular flexibility index (Phi) is 5.43. The van der Waals surface area contributed by atoms with Gasteiger partial charge in [-0.05, 0) is 75.8 Å². The van der Waals surface area contributed by atoms with Crippen molar-refractivity contribution in [2.45, 2.75) is 115 Å². The average molecular weight is 381 g/mol. The van der Waals surface area contributed by atoms with Gasteiger partial charge in [0, 0.05) is 23.8 Å². The highest BCUT2D eigenvalue weighted by molar-refractivity contribution is 5.56. The highest BCUT2D eigenvalue weighted by Gasteiger charge is 2.53. The van der Waals surface area contributed by atoms with Crippen molar-refractivity contribution in [1.82, 2.24) is 4.90 Å². The molecule has 1 heterocycles. The minimum Gasteiger partial charge on any atom is -0.351 e. The van der Waals surface area contributed by atoms with Crippen LogP contribution in [0.1, 0.15) is 89.5 Å². The molecular formula is C26H40N2. The zero-order valence-corrected chi connectivity index (χ0v) is 18.2. The summed E-state index contributed by atoms with van der Waals surface area (Å²) in [7, 11) is 0. The van der Waals surface area contributed by atoms with Crippen LogP contribution in [0.15, 0.2) is 24.3 Å². The van der Waals surface area contributed by atoms with Crippen molar-refractivity contribution in [3.8, 4) is 0 Å². The van der Waals surface area contributed by atoms with Gasteiger partial charge >= 0.3 is 0 Å². The van der Waals surface area contributed by atoms with E-state index in [1.165, 1.54) is 88.3 Å². The lowest BCUT2D eigenvalue weighted by atomic mass is 9.90. The molecule has 28 heavy (non-hydrogen) atoms. The van der Waals surface area contributed by atoms with Crippen molar-refractivity contribution in [3.05, 3.63) is 29.8 Å². The summed E-state index contributed by atoms with van der Waals surface area (Å²) >= 11 is 0. The third-order valence-corrected chi connectivity index (χ3v) is 8.71. The standard InChI is InChI=1S/C26H40N2/c1-19-11-3-10-18-24(19)27-20(2)25(21-12-4-5-13-21)28(23-16-8-9-17-23)26(27)22-14-6-7-15-22/h3,10-11,18,20-23,25-26H,4-9,12-17H2,1-2H3/t20-,25?,26?/m0/s1. The molecule has 2 unspecified atom stereocenters. The first-order valence-electron chi connectivity index (χ1n) is 12.4. The monoisotopic (exact) mass is 380 g/mol. The van der Waals surface area contributed by atoms with E-state index in [4.69, 9.17) is 0 Å². The van der Waals surface area contributed by atoms with Crippen molar-refractivity contribution in [2.24, 2.45) is 11.8 Å². The molecule has 0 aromatic heterocycles. The number of anilines is 1. The molecule has 0 radical (unpaired) electrons. The van der Waals surface area contributed by atoms with E-state index in [0.717, 1.165) is 23.9 Å². The van der Waals surface area contributed by atoms with Gasteiger partial charge in [-0.15, -0.1) is 0 Å². The smallest absolute Gasteiger partial charge is 0.0858 e. The number of hydrogen-bond donors (Lipinski definition) is 0. The Balaban J connectivity index is 1.58. The van der Waals surface area contributed by atoms with Crippen molar-refractivity contribution >= 4 is 5.69 Å². The summed E-state index contributed by atoms with van der Waals surface area (Å²) in [6, 6.07) is 11.5. The van der Waals surface area contributed by atoms with E-state index >= 15 is 0 Å². The maximum atomic E-state index is 3.14. The van der Waals surface area contributed by atoms with E-state index in [0.29, 0.717) is 12.2 Å². The molecule has 4 fully saturated rings. The first-order chi connectivity index (χ1) is 13.8. The highest BCUT2D eigenvalue weighted by Crippen LogP contribution is 2.48. The van der Waals surface area contributed by atoms with Crippen LogP contribution in [0.2, 0.25) is 0 Å². The van der Waals surface area contributed by atoms with Gasteiger partial charge in [-0.3, -0.25) is 4.90 Å². The Morgan fingerprint density at radius 1 is 0.750 bits per heavy atom. The van der Waals surface area contributed by atoms with Crippen LogP contribution in [-0.2, 0) is 0 Å². The van der Waals surface area contributed by atoms with E-state index in [-0.39, 0.29) is 0 Å². The molecule has 1 saturated heterocycles. The van der Waals surface area contributed by atoms with Gasteiger partial charge in [-0.2, -0.15) is 0 Å². The van der Waals surface area contributed by atoms with Gasteiger partial charge in [0.15, 0.2) is 0 Å². The molecule has 1 aromatic carbocycles. The van der Waals surface area contributed by atoms with E-state index in [1.54, 1.807) is 0 Å². The normalized spacial score (nSPS) is 33.5. The van der Waals surface area contributed by atoms with Gasteiger partial charge in [0.05, 0.1) is 6.17 Å². The highest BCUT2D eigenvalue weighted by atomic mass is 15.5. The maximum Gasteiger partial charge on any atom is 0.0858 e. The van der Waals surface area contributed by atoms with Crippen LogP contribution in [0.3, 0.4) is 0 Å². The molecule has 4 aliphatic rings. The van der Waals surface area contributed by atoms with E-state index in [2.05, 4.69) is 47.9 Å². The number of benzene rings is 1. The van der Waals surface area contributed by atoms with Crippen molar-refractivity contribution in [3.63, 3.8) is 0 Å². The Morgan fingerprint density at radius 3 is 1.96 bits per heavy atom. The number of hydrogen-bond acceptors (Lipinski definition) is 2. The summed E-state index contributed by atoms with van der Waals surface area (Å²) in [5.74, 6) is 1.79. The molecule has 0 N–H and O–H groups in total. The second-order valence-electron chi connectivity index (χ2n) is 10.3. The van der Waals surface area contributed by atoms with Gasteiger partial charge in [0.2, 0.25) is 0 Å². The van der Waals surface area contributed by atoms with Crippen LogP contribution in [0.25, 0.3) is 0 Å².